The molecule has 0 bridgehead atoms. The van der Waals surface area contributed by atoms with Crippen molar-refractivity contribution in [3.63, 3.8) is 0 Å². The maximum absolute atomic E-state index is 10.9. The molecule has 0 amide bonds. The van der Waals surface area contributed by atoms with E-state index in [9.17, 15) is 5.11 Å². The second kappa shape index (κ2) is 6.38. The largest absolute Gasteiger partial charge is 0.388 e. The highest BCUT2D eigenvalue weighted by Crippen LogP contribution is 2.37. The second-order valence-corrected chi connectivity index (χ2v) is 6.92. The van der Waals surface area contributed by atoms with E-state index in [1.807, 2.05) is 0 Å². The Morgan fingerprint density at radius 3 is 2.00 bits per heavy atom. The Balaban J connectivity index is 1.94. The molecular formula is C16H31NO. The first kappa shape index (κ1) is 14.3. The third-order valence-corrected chi connectivity index (χ3v) is 5.41. The van der Waals surface area contributed by atoms with Crippen molar-refractivity contribution < 1.29 is 5.11 Å². The highest BCUT2D eigenvalue weighted by molar-refractivity contribution is 4.95. The van der Waals surface area contributed by atoms with Crippen molar-refractivity contribution in [3.8, 4) is 0 Å². The molecule has 2 saturated carbocycles. The molecule has 2 fully saturated rings. The monoisotopic (exact) mass is 253 g/mol. The summed E-state index contributed by atoms with van der Waals surface area (Å²) in [4.78, 5) is 0. The highest BCUT2D eigenvalue weighted by atomic mass is 16.3. The van der Waals surface area contributed by atoms with Crippen LogP contribution in [0.15, 0.2) is 0 Å². The Bertz CT molecular complexity index is 237. The third kappa shape index (κ3) is 3.48. The summed E-state index contributed by atoms with van der Waals surface area (Å²) in [6, 6.07) is 0.0168. The van der Waals surface area contributed by atoms with E-state index >= 15 is 0 Å². The molecule has 2 heteroatoms. The molecule has 0 radical (unpaired) electrons. The van der Waals surface area contributed by atoms with Crippen LogP contribution >= 0.6 is 0 Å². The van der Waals surface area contributed by atoms with Gasteiger partial charge in [0.05, 0.1) is 5.60 Å². The van der Waals surface area contributed by atoms with Crippen LogP contribution in [0, 0.1) is 11.8 Å². The molecule has 0 aliphatic heterocycles. The van der Waals surface area contributed by atoms with Gasteiger partial charge in [-0.25, -0.2) is 0 Å². The zero-order chi connectivity index (χ0) is 13.0. The van der Waals surface area contributed by atoms with Crippen molar-refractivity contribution in [3.05, 3.63) is 0 Å². The lowest BCUT2D eigenvalue weighted by Crippen LogP contribution is -2.53. The van der Waals surface area contributed by atoms with Crippen LogP contribution in [0.4, 0.5) is 0 Å². The summed E-state index contributed by atoms with van der Waals surface area (Å²) >= 11 is 0. The lowest BCUT2D eigenvalue weighted by molar-refractivity contribution is -0.0336. The van der Waals surface area contributed by atoms with Crippen LogP contribution in [0.25, 0.3) is 0 Å². The minimum absolute atomic E-state index is 0.0168. The predicted molar refractivity (Wildman–Crippen MR) is 76.4 cm³/mol. The Morgan fingerprint density at radius 1 is 0.944 bits per heavy atom. The SMILES string of the molecule is CC1CCC(C(N)C2(O)CCCCCCC2)CC1. The zero-order valence-electron chi connectivity index (χ0n) is 12.0. The van der Waals surface area contributed by atoms with Gasteiger partial charge in [-0.3, -0.25) is 0 Å². The fourth-order valence-corrected chi connectivity index (χ4v) is 3.93. The van der Waals surface area contributed by atoms with E-state index in [-0.39, 0.29) is 6.04 Å². The van der Waals surface area contributed by atoms with Crippen molar-refractivity contribution in [1.29, 1.82) is 0 Å². The molecule has 2 aliphatic rings. The normalized spacial score (nSPS) is 35.5. The number of hydrogen-bond acceptors (Lipinski definition) is 2. The number of aliphatic hydroxyl groups is 1. The highest BCUT2D eigenvalue weighted by Gasteiger charge is 2.39. The molecule has 0 aromatic rings. The van der Waals surface area contributed by atoms with Crippen LogP contribution < -0.4 is 5.73 Å². The van der Waals surface area contributed by atoms with E-state index in [0.29, 0.717) is 5.92 Å². The molecule has 0 aromatic heterocycles. The van der Waals surface area contributed by atoms with Crippen LogP contribution in [0.5, 0.6) is 0 Å². The summed E-state index contributed by atoms with van der Waals surface area (Å²) in [7, 11) is 0. The Morgan fingerprint density at radius 2 is 1.44 bits per heavy atom. The Hall–Kier alpha value is -0.0800. The Kier molecular flexibility index (Phi) is 5.08. The molecule has 2 rings (SSSR count). The van der Waals surface area contributed by atoms with Crippen molar-refractivity contribution in [2.75, 3.05) is 0 Å². The molecular weight excluding hydrogens is 222 g/mol. The summed E-state index contributed by atoms with van der Waals surface area (Å²) in [5.41, 5.74) is 5.91. The second-order valence-electron chi connectivity index (χ2n) is 6.92. The number of nitrogens with two attached hydrogens (primary N) is 1. The molecule has 0 aromatic carbocycles. The molecule has 0 spiro atoms. The van der Waals surface area contributed by atoms with Gasteiger partial charge in [-0.2, -0.15) is 0 Å². The van der Waals surface area contributed by atoms with Gasteiger partial charge in [0.1, 0.15) is 0 Å². The quantitative estimate of drug-likeness (QED) is 0.789. The Labute approximate surface area is 112 Å². The minimum atomic E-state index is -0.564. The molecule has 1 unspecified atom stereocenters. The van der Waals surface area contributed by atoms with Gasteiger partial charge >= 0.3 is 0 Å². The molecule has 3 N–H and O–H groups in total. The van der Waals surface area contributed by atoms with Crippen LogP contribution in [-0.2, 0) is 0 Å². The summed E-state index contributed by atoms with van der Waals surface area (Å²) in [6.45, 7) is 2.34. The summed E-state index contributed by atoms with van der Waals surface area (Å²) in [6.07, 6.45) is 13.1. The van der Waals surface area contributed by atoms with Gasteiger partial charge in [0.15, 0.2) is 0 Å². The minimum Gasteiger partial charge on any atom is -0.388 e. The molecule has 2 nitrogen and oxygen atoms in total. The first-order valence-corrected chi connectivity index (χ1v) is 8.10. The average molecular weight is 253 g/mol. The number of rotatable bonds is 2. The van der Waals surface area contributed by atoms with Crippen LogP contribution in [0.2, 0.25) is 0 Å². The van der Waals surface area contributed by atoms with Crippen molar-refractivity contribution in [1.82, 2.24) is 0 Å². The van der Waals surface area contributed by atoms with E-state index in [1.54, 1.807) is 0 Å². The lowest BCUT2D eigenvalue weighted by atomic mass is 9.71. The summed E-state index contributed by atoms with van der Waals surface area (Å²) in [5, 5.41) is 10.9. The maximum atomic E-state index is 10.9. The van der Waals surface area contributed by atoms with E-state index in [1.165, 1.54) is 44.9 Å². The van der Waals surface area contributed by atoms with Gasteiger partial charge in [0.25, 0.3) is 0 Å². The third-order valence-electron chi connectivity index (χ3n) is 5.41. The van der Waals surface area contributed by atoms with Gasteiger partial charge in [-0.15, -0.1) is 0 Å². The zero-order valence-corrected chi connectivity index (χ0v) is 12.0. The fourth-order valence-electron chi connectivity index (χ4n) is 3.93. The maximum Gasteiger partial charge on any atom is 0.0800 e. The van der Waals surface area contributed by atoms with Gasteiger partial charge in [0, 0.05) is 6.04 Å². The first-order valence-electron chi connectivity index (χ1n) is 8.10. The van der Waals surface area contributed by atoms with Gasteiger partial charge < -0.3 is 10.8 Å². The fraction of sp³-hybridized carbons (Fsp3) is 1.00. The smallest absolute Gasteiger partial charge is 0.0800 e. The average Bonchev–Trinajstić information content (AvgIpc) is 2.34. The molecule has 0 saturated heterocycles. The van der Waals surface area contributed by atoms with Crippen LogP contribution in [0.3, 0.4) is 0 Å². The van der Waals surface area contributed by atoms with Crippen molar-refractivity contribution in [2.45, 2.75) is 89.2 Å². The topological polar surface area (TPSA) is 46.2 Å². The van der Waals surface area contributed by atoms with E-state index in [4.69, 9.17) is 5.73 Å². The number of hydrogen-bond donors (Lipinski definition) is 2. The predicted octanol–water partition coefficient (Wildman–Crippen LogP) is 3.62. The van der Waals surface area contributed by atoms with Gasteiger partial charge in [0.2, 0.25) is 0 Å². The molecule has 2 aliphatic carbocycles. The van der Waals surface area contributed by atoms with E-state index < -0.39 is 5.60 Å². The first-order chi connectivity index (χ1) is 8.62. The van der Waals surface area contributed by atoms with Crippen LogP contribution in [-0.4, -0.2) is 16.7 Å². The molecule has 18 heavy (non-hydrogen) atoms. The lowest BCUT2D eigenvalue weighted by Gasteiger charge is -2.42. The van der Waals surface area contributed by atoms with Crippen molar-refractivity contribution >= 4 is 0 Å². The molecule has 106 valence electrons. The van der Waals surface area contributed by atoms with Crippen LogP contribution in [0.1, 0.15) is 77.6 Å². The van der Waals surface area contributed by atoms with E-state index in [2.05, 4.69) is 6.92 Å². The van der Waals surface area contributed by atoms with Gasteiger partial charge in [-0.1, -0.05) is 51.9 Å². The van der Waals surface area contributed by atoms with E-state index in [0.717, 1.165) is 31.6 Å². The summed E-state index contributed by atoms with van der Waals surface area (Å²) < 4.78 is 0. The summed E-state index contributed by atoms with van der Waals surface area (Å²) in [5.74, 6) is 1.42. The molecule has 1 atom stereocenters. The van der Waals surface area contributed by atoms with Crippen molar-refractivity contribution in [2.24, 2.45) is 17.6 Å². The molecule has 0 heterocycles. The standard InChI is InChI=1S/C16H31NO/c1-13-7-9-14(10-8-13)15(17)16(18)11-5-3-2-4-6-12-16/h13-15,18H,2-12,17H2,1H3. The van der Waals surface area contributed by atoms with Gasteiger partial charge in [-0.05, 0) is 37.5 Å².